The van der Waals surface area contributed by atoms with Crippen LogP contribution in [0.2, 0.25) is 5.02 Å². The van der Waals surface area contributed by atoms with Gasteiger partial charge in [0.15, 0.2) is 5.82 Å². The SMILES string of the molecule is N#Cc1cccc(Oc2ncc(Cl)cc2F)c1. The van der Waals surface area contributed by atoms with Crippen molar-refractivity contribution in [1.29, 1.82) is 5.26 Å². The first kappa shape index (κ1) is 11.4. The van der Waals surface area contributed by atoms with Gasteiger partial charge in [-0.1, -0.05) is 17.7 Å². The summed E-state index contributed by atoms with van der Waals surface area (Å²) in [6, 6.07) is 9.44. The van der Waals surface area contributed by atoms with Crippen molar-refractivity contribution in [3.05, 3.63) is 52.9 Å². The monoisotopic (exact) mass is 248 g/mol. The van der Waals surface area contributed by atoms with Crippen LogP contribution in [0.5, 0.6) is 11.6 Å². The predicted molar refractivity (Wildman–Crippen MR) is 60.4 cm³/mol. The number of nitriles is 1. The highest BCUT2D eigenvalue weighted by Gasteiger charge is 2.07. The molecule has 0 aliphatic rings. The van der Waals surface area contributed by atoms with E-state index in [0.29, 0.717) is 11.3 Å². The Bertz CT molecular complexity index is 595. The van der Waals surface area contributed by atoms with Crippen LogP contribution in [0.4, 0.5) is 4.39 Å². The van der Waals surface area contributed by atoms with Gasteiger partial charge in [-0.2, -0.15) is 5.26 Å². The number of aromatic nitrogens is 1. The molecule has 0 saturated heterocycles. The van der Waals surface area contributed by atoms with Crippen molar-refractivity contribution in [3.8, 4) is 17.7 Å². The Morgan fingerprint density at radius 2 is 2.18 bits per heavy atom. The Labute approximate surface area is 102 Å². The lowest BCUT2D eigenvalue weighted by atomic mass is 10.2. The minimum absolute atomic E-state index is 0.176. The summed E-state index contributed by atoms with van der Waals surface area (Å²) in [6.07, 6.45) is 1.29. The maximum atomic E-state index is 13.4. The Hall–Kier alpha value is -2.12. The lowest BCUT2D eigenvalue weighted by Crippen LogP contribution is -1.92. The Kier molecular flexibility index (Phi) is 3.22. The minimum atomic E-state index is -0.653. The van der Waals surface area contributed by atoms with Crippen LogP contribution in [0.25, 0.3) is 0 Å². The molecule has 0 fully saturated rings. The maximum absolute atomic E-state index is 13.4. The minimum Gasteiger partial charge on any atom is -0.436 e. The highest BCUT2D eigenvalue weighted by molar-refractivity contribution is 6.30. The molecule has 0 spiro atoms. The quantitative estimate of drug-likeness (QED) is 0.817. The second kappa shape index (κ2) is 4.81. The lowest BCUT2D eigenvalue weighted by Gasteiger charge is -2.05. The van der Waals surface area contributed by atoms with Gasteiger partial charge >= 0.3 is 0 Å². The van der Waals surface area contributed by atoms with Gasteiger partial charge in [0.05, 0.1) is 16.7 Å². The first-order chi connectivity index (χ1) is 8.19. The number of hydrogen-bond donors (Lipinski definition) is 0. The Morgan fingerprint density at radius 1 is 1.35 bits per heavy atom. The van der Waals surface area contributed by atoms with Crippen LogP contribution >= 0.6 is 11.6 Å². The van der Waals surface area contributed by atoms with E-state index < -0.39 is 5.82 Å². The van der Waals surface area contributed by atoms with Crippen molar-refractivity contribution in [1.82, 2.24) is 4.98 Å². The average molecular weight is 249 g/mol. The van der Waals surface area contributed by atoms with Crippen LogP contribution in [-0.4, -0.2) is 4.98 Å². The summed E-state index contributed by atoms with van der Waals surface area (Å²) in [5, 5.41) is 8.90. The second-order valence-corrected chi connectivity index (χ2v) is 3.62. The molecular weight excluding hydrogens is 243 g/mol. The van der Waals surface area contributed by atoms with Crippen molar-refractivity contribution >= 4 is 11.6 Å². The number of nitrogens with zero attached hydrogens (tertiary/aromatic N) is 2. The van der Waals surface area contributed by atoms with Crippen molar-refractivity contribution in [2.45, 2.75) is 0 Å². The molecule has 0 aliphatic carbocycles. The molecule has 0 aliphatic heterocycles. The molecular formula is C12H6ClFN2O. The summed E-state index contributed by atoms with van der Waals surface area (Å²) in [6.45, 7) is 0. The van der Waals surface area contributed by atoms with Gasteiger partial charge in [-0.25, -0.2) is 9.37 Å². The van der Waals surface area contributed by atoms with Gasteiger partial charge in [0.1, 0.15) is 5.75 Å². The van der Waals surface area contributed by atoms with E-state index in [0.717, 1.165) is 6.07 Å². The molecule has 0 amide bonds. The maximum Gasteiger partial charge on any atom is 0.255 e. The molecule has 1 aromatic carbocycles. The molecule has 1 heterocycles. The number of halogens is 2. The number of pyridine rings is 1. The topological polar surface area (TPSA) is 45.9 Å². The van der Waals surface area contributed by atoms with Crippen molar-refractivity contribution in [2.75, 3.05) is 0 Å². The zero-order chi connectivity index (χ0) is 12.3. The fraction of sp³-hybridized carbons (Fsp3) is 0. The van der Waals surface area contributed by atoms with Crippen LogP contribution < -0.4 is 4.74 Å². The molecule has 0 atom stereocenters. The van der Waals surface area contributed by atoms with E-state index in [1.54, 1.807) is 18.2 Å². The molecule has 0 bridgehead atoms. The van der Waals surface area contributed by atoms with Crippen LogP contribution in [0.15, 0.2) is 36.5 Å². The smallest absolute Gasteiger partial charge is 0.255 e. The normalized spacial score (nSPS) is 9.71. The van der Waals surface area contributed by atoms with Crippen molar-refractivity contribution < 1.29 is 9.13 Å². The number of rotatable bonds is 2. The molecule has 5 heteroatoms. The molecule has 17 heavy (non-hydrogen) atoms. The molecule has 2 aromatic rings. The third-order valence-electron chi connectivity index (χ3n) is 1.95. The zero-order valence-corrected chi connectivity index (χ0v) is 9.28. The highest BCUT2D eigenvalue weighted by atomic mass is 35.5. The van der Waals surface area contributed by atoms with Gasteiger partial charge in [-0.3, -0.25) is 0 Å². The van der Waals surface area contributed by atoms with E-state index in [1.807, 2.05) is 6.07 Å². The highest BCUT2D eigenvalue weighted by Crippen LogP contribution is 2.24. The molecule has 1 aromatic heterocycles. The number of ether oxygens (including phenoxy) is 1. The van der Waals surface area contributed by atoms with Gasteiger partial charge in [0, 0.05) is 6.20 Å². The third-order valence-corrected chi connectivity index (χ3v) is 2.16. The van der Waals surface area contributed by atoms with Crippen molar-refractivity contribution in [3.63, 3.8) is 0 Å². The summed E-state index contributed by atoms with van der Waals surface area (Å²) >= 11 is 5.57. The van der Waals surface area contributed by atoms with E-state index in [-0.39, 0.29) is 10.9 Å². The molecule has 84 valence electrons. The van der Waals surface area contributed by atoms with Crippen LogP contribution in [0.1, 0.15) is 5.56 Å². The molecule has 2 rings (SSSR count). The van der Waals surface area contributed by atoms with Gasteiger partial charge in [-0.05, 0) is 24.3 Å². The summed E-state index contributed by atoms with van der Waals surface area (Å²) in [4.78, 5) is 3.72. The van der Waals surface area contributed by atoms with E-state index >= 15 is 0 Å². The fourth-order valence-electron chi connectivity index (χ4n) is 1.22. The molecule has 3 nitrogen and oxygen atoms in total. The van der Waals surface area contributed by atoms with E-state index in [1.165, 1.54) is 12.3 Å². The van der Waals surface area contributed by atoms with E-state index in [9.17, 15) is 4.39 Å². The van der Waals surface area contributed by atoms with Gasteiger partial charge in [0.25, 0.3) is 5.88 Å². The molecule has 0 radical (unpaired) electrons. The standard InChI is InChI=1S/C12H6ClFN2O/c13-9-5-11(14)12(16-7-9)17-10-3-1-2-8(4-10)6-15/h1-5,7H. The summed E-state index contributed by atoms with van der Waals surface area (Å²) in [5.74, 6) is -0.484. The Balaban J connectivity index is 2.28. The number of benzene rings is 1. The van der Waals surface area contributed by atoms with Gasteiger partial charge in [-0.15, -0.1) is 0 Å². The number of hydrogen-bond acceptors (Lipinski definition) is 3. The largest absolute Gasteiger partial charge is 0.436 e. The predicted octanol–water partition coefficient (Wildman–Crippen LogP) is 3.54. The summed E-state index contributed by atoms with van der Waals surface area (Å²) < 4.78 is 18.6. The Morgan fingerprint density at radius 3 is 2.88 bits per heavy atom. The van der Waals surface area contributed by atoms with Gasteiger partial charge < -0.3 is 4.74 Å². The zero-order valence-electron chi connectivity index (χ0n) is 8.52. The fourth-order valence-corrected chi connectivity index (χ4v) is 1.36. The first-order valence-electron chi connectivity index (χ1n) is 4.68. The lowest BCUT2D eigenvalue weighted by molar-refractivity contribution is 0.422. The first-order valence-corrected chi connectivity index (χ1v) is 5.06. The summed E-state index contributed by atoms with van der Waals surface area (Å²) in [7, 11) is 0. The second-order valence-electron chi connectivity index (χ2n) is 3.18. The third kappa shape index (κ3) is 2.71. The van der Waals surface area contributed by atoms with E-state index in [4.69, 9.17) is 21.6 Å². The molecule has 0 unspecified atom stereocenters. The van der Waals surface area contributed by atoms with Crippen LogP contribution in [-0.2, 0) is 0 Å². The van der Waals surface area contributed by atoms with Crippen LogP contribution in [0, 0.1) is 17.1 Å². The van der Waals surface area contributed by atoms with Crippen molar-refractivity contribution in [2.24, 2.45) is 0 Å². The average Bonchev–Trinajstić information content (AvgIpc) is 2.33. The molecule has 0 N–H and O–H groups in total. The van der Waals surface area contributed by atoms with E-state index in [2.05, 4.69) is 4.98 Å². The molecule has 0 saturated carbocycles. The van der Waals surface area contributed by atoms with Crippen LogP contribution in [0.3, 0.4) is 0 Å². The van der Waals surface area contributed by atoms with Gasteiger partial charge in [0.2, 0.25) is 0 Å². The summed E-state index contributed by atoms with van der Waals surface area (Å²) in [5.41, 5.74) is 0.428.